The van der Waals surface area contributed by atoms with Crippen LogP contribution in [0.5, 0.6) is 5.75 Å². The maximum atomic E-state index is 12.4. The Morgan fingerprint density at radius 2 is 1.93 bits per heavy atom. The number of carbonyl (C=O) groups excluding carboxylic acids is 1. The predicted molar refractivity (Wildman–Crippen MR) is 126 cm³/mol. The van der Waals surface area contributed by atoms with Crippen molar-refractivity contribution in [3.05, 3.63) is 60.2 Å². The van der Waals surface area contributed by atoms with Gasteiger partial charge in [-0.15, -0.1) is 24.0 Å². The molecule has 1 amide bonds. The van der Waals surface area contributed by atoms with Crippen molar-refractivity contribution in [1.82, 2.24) is 10.6 Å². The standard InChI is InChI=1S/C22H26N4O2.HI/c1-23-22(24-14-16-11-12-28-20-10-6-5-9-19(16)20)25-17-13-21(27)26(15-17)18-7-3-2-4-8-18;/h2-10,16-17H,11-15H2,1H3,(H2,23,24,25);1H. The summed E-state index contributed by atoms with van der Waals surface area (Å²) in [5, 5.41) is 6.83. The molecule has 29 heavy (non-hydrogen) atoms. The van der Waals surface area contributed by atoms with Gasteiger partial charge < -0.3 is 20.3 Å². The van der Waals surface area contributed by atoms with Gasteiger partial charge in [-0.25, -0.2) is 0 Å². The summed E-state index contributed by atoms with van der Waals surface area (Å²) in [6.45, 7) is 2.16. The summed E-state index contributed by atoms with van der Waals surface area (Å²) in [6.07, 6.45) is 1.44. The SMILES string of the molecule is CN=C(NCC1CCOc2ccccc21)NC1CC(=O)N(c2ccccc2)C1.I. The Hall–Kier alpha value is -2.29. The highest BCUT2D eigenvalue weighted by molar-refractivity contribution is 14.0. The first-order valence-corrected chi connectivity index (χ1v) is 9.79. The van der Waals surface area contributed by atoms with Crippen LogP contribution in [0.25, 0.3) is 0 Å². The lowest BCUT2D eigenvalue weighted by Gasteiger charge is -2.27. The third-order valence-corrected chi connectivity index (χ3v) is 5.36. The quantitative estimate of drug-likeness (QED) is 0.380. The Labute approximate surface area is 188 Å². The number of aliphatic imine (C=N–C) groups is 1. The highest BCUT2D eigenvalue weighted by atomic mass is 127. The van der Waals surface area contributed by atoms with Crippen LogP contribution in [-0.4, -0.2) is 44.7 Å². The fraction of sp³-hybridized carbons (Fsp3) is 0.364. The van der Waals surface area contributed by atoms with Crippen molar-refractivity contribution in [2.24, 2.45) is 4.99 Å². The summed E-state index contributed by atoms with van der Waals surface area (Å²) in [6, 6.07) is 18.1. The monoisotopic (exact) mass is 506 g/mol. The van der Waals surface area contributed by atoms with E-state index in [-0.39, 0.29) is 35.9 Å². The lowest BCUT2D eigenvalue weighted by molar-refractivity contribution is -0.117. The van der Waals surface area contributed by atoms with Gasteiger partial charge in [0.1, 0.15) is 5.75 Å². The molecule has 7 heteroatoms. The van der Waals surface area contributed by atoms with Gasteiger partial charge in [0.25, 0.3) is 0 Å². The van der Waals surface area contributed by atoms with Gasteiger partial charge in [-0.1, -0.05) is 36.4 Å². The van der Waals surface area contributed by atoms with Crippen molar-refractivity contribution < 1.29 is 9.53 Å². The average molecular weight is 506 g/mol. The zero-order valence-corrected chi connectivity index (χ0v) is 18.8. The molecule has 6 nitrogen and oxygen atoms in total. The number of nitrogens with one attached hydrogen (secondary N) is 2. The number of guanidine groups is 1. The minimum atomic E-state index is 0. The summed E-state index contributed by atoms with van der Waals surface area (Å²) in [4.78, 5) is 18.6. The molecule has 1 saturated heterocycles. The Balaban J connectivity index is 0.00000240. The van der Waals surface area contributed by atoms with E-state index < -0.39 is 0 Å². The highest BCUT2D eigenvalue weighted by Crippen LogP contribution is 2.32. The van der Waals surface area contributed by atoms with E-state index in [2.05, 4.69) is 27.8 Å². The molecule has 0 radical (unpaired) electrons. The van der Waals surface area contributed by atoms with Crippen LogP contribution in [0.15, 0.2) is 59.6 Å². The number of anilines is 1. The zero-order chi connectivity index (χ0) is 19.3. The molecule has 2 aliphatic heterocycles. The first-order chi connectivity index (χ1) is 13.7. The third kappa shape index (κ3) is 5.01. The van der Waals surface area contributed by atoms with Crippen LogP contribution in [0.2, 0.25) is 0 Å². The summed E-state index contributed by atoms with van der Waals surface area (Å²) in [7, 11) is 1.76. The van der Waals surface area contributed by atoms with Gasteiger partial charge >= 0.3 is 0 Å². The molecule has 2 N–H and O–H groups in total. The second kappa shape index (κ2) is 9.96. The molecular weight excluding hydrogens is 479 g/mol. The normalized spacial score (nSPS) is 21.1. The fourth-order valence-corrected chi connectivity index (χ4v) is 3.90. The molecule has 2 aliphatic rings. The second-order valence-electron chi connectivity index (χ2n) is 7.21. The number of rotatable bonds is 4. The van der Waals surface area contributed by atoms with Crippen LogP contribution in [-0.2, 0) is 4.79 Å². The number of fused-ring (bicyclic) bond motifs is 1. The van der Waals surface area contributed by atoms with Crippen LogP contribution in [0.1, 0.15) is 24.3 Å². The minimum absolute atomic E-state index is 0. The third-order valence-electron chi connectivity index (χ3n) is 5.36. The lowest BCUT2D eigenvalue weighted by atomic mass is 9.93. The van der Waals surface area contributed by atoms with Crippen molar-refractivity contribution in [3.8, 4) is 5.75 Å². The van der Waals surface area contributed by atoms with Gasteiger partial charge in [-0.2, -0.15) is 0 Å². The van der Waals surface area contributed by atoms with Gasteiger partial charge in [0.05, 0.1) is 12.6 Å². The van der Waals surface area contributed by atoms with E-state index in [1.165, 1.54) is 5.56 Å². The van der Waals surface area contributed by atoms with E-state index in [1.54, 1.807) is 7.05 Å². The zero-order valence-electron chi connectivity index (χ0n) is 16.5. The van der Waals surface area contributed by atoms with Crippen LogP contribution in [0.3, 0.4) is 0 Å². The van der Waals surface area contributed by atoms with E-state index in [9.17, 15) is 4.79 Å². The molecule has 0 aliphatic carbocycles. The van der Waals surface area contributed by atoms with Crippen molar-refractivity contribution in [2.75, 3.05) is 31.6 Å². The molecule has 2 atom stereocenters. The van der Waals surface area contributed by atoms with Gasteiger partial charge in [-0.3, -0.25) is 9.79 Å². The number of halogens is 1. The number of nitrogens with zero attached hydrogens (tertiary/aromatic N) is 2. The van der Waals surface area contributed by atoms with Crippen molar-refractivity contribution >= 4 is 41.5 Å². The van der Waals surface area contributed by atoms with Crippen LogP contribution in [0, 0.1) is 0 Å². The molecular formula is C22H27IN4O2. The molecule has 2 unspecified atom stereocenters. The van der Waals surface area contributed by atoms with Crippen molar-refractivity contribution in [3.63, 3.8) is 0 Å². The smallest absolute Gasteiger partial charge is 0.229 e. The number of hydrogen-bond acceptors (Lipinski definition) is 3. The number of ether oxygens (including phenoxy) is 1. The molecule has 0 aromatic heterocycles. The van der Waals surface area contributed by atoms with Crippen LogP contribution in [0.4, 0.5) is 5.69 Å². The Bertz CT molecular complexity index is 859. The van der Waals surface area contributed by atoms with E-state index >= 15 is 0 Å². The number of para-hydroxylation sites is 2. The first-order valence-electron chi connectivity index (χ1n) is 9.79. The summed E-state index contributed by atoms with van der Waals surface area (Å²) in [5.74, 6) is 2.23. The molecule has 2 aromatic carbocycles. The van der Waals surface area contributed by atoms with Gasteiger partial charge in [-0.05, 0) is 30.2 Å². The topological polar surface area (TPSA) is 66.0 Å². The minimum Gasteiger partial charge on any atom is -0.493 e. The number of amides is 1. The molecule has 154 valence electrons. The molecule has 2 aromatic rings. The van der Waals surface area contributed by atoms with Gasteiger partial charge in [0.15, 0.2) is 5.96 Å². The molecule has 0 bridgehead atoms. The van der Waals surface area contributed by atoms with Crippen molar-refractivity contribution in [1.29, 1.82) is 0 Å². The van der Waals surface area contributed by atoms with E-state index in [1.807, 2.05) is 47.4 Å². The number of hydrogen-bond donors (Lipinski definition) is 2. The molecule has 2 heterocycles. The van der Waals surface area contributed by atoms with E-state index in [0.29, 0.717) is 18.9 Å². The fourth-order valence-electron chi connectivity index (χ4n) is 3.90. The largest absolute Gasteiger partial charge is 0.493 e. The maximum absolute atomic E-state index is 12.4. The van der Waals surface area contributed by atoms with Gasteiger partial charge in [0, 0.05) is 38.2 Å². The van der Waals surface area contributed by atoms with Crippen LogP contribution >= 0.6 is 24.0 Å². The van der Waals surface area contributed by atoms with Crippen molar-refractivity contribution in [2.45, 2.75) is 24.8 Å². The lowest BCUT2D eigenvalue weighted by Crippen LogP contribution is -2.46. The molecule has 0 spiro atoms. The maximum Gasteiger partial charge on any atom is 0.229 e. The summed E-state index contributed by atoms with van der Waals surface area (Å²) >= 11 is 0. The second-order valence-corrected chi connectivity index (χ2v) is 7.21. The Kier molecular flexibility index (Phi) is 7.35. The summed E-state index contributed by atoms with van der Waals surface area (Å²) in [5.41, 5.74) is 2.18. The Morgan fingerprint density at radius 1 is 1.17 bits per heavy atom. The van der Waals surface area contributed by atoms with E-state index in [4.69, 9.17) is 4.74 Å². The number of benzene rings is 2. The van der Waals surface area contributed by atoms with E-state index in [0.717, 1.165) is 37.0 Å². The highest BCUT2D eigenvalue weighted by Gasteiger charge is 2.31. The Morgan fingerprint density at radius 3 is 2.72 bits per heavy atom. The predicted octanol–water partition coefficient (Wildman–Crippen LogP) is 3.14. The van der Waals surface area contributed by atoms with Crippen LogP contribution < -0.4 is 20.3 Å². The molecule has 0 saturated carbocycles. The molecule has 1 fully saturated rings. The average Bonchev–Trinajstić information content (AvgIpc) is 3.11. The number of carbonyl (C=O) groups is 1. The molecule has 4 rings (SSSR count). The summed E-state index contributed by atoms with van der Waals surface area (Å²) < 4.78 is 5.74. The first kappa shape index (κ1) is 21.4. The van der Waals surface area contributed by atoms with Gasteiger partial charge in [0.2, 0.25) is 5.91 Å².